The van der Waals surface area contributed by atoms with Crippen LogP contribution in [0.4, 0.5) is 0 Å². The number of rotatable bonds is 3. The predicted octanol–water partition coefficient (Wildman–Crippen LogP) is 1.12. The fourth-order valence-corrected chi connectivity index (χ4v) is 3.45. The van der Waals surface area contributed by atoms with E-state index in [0.29, 0.717) is 0 Å². The lowest BCUT2D eigenvalue weighted by Gasteiger charge is -2.41. The van der Waals surface area contributed by atoms with E-state index in [0.717, 1.165) is 24.9 Å². The van der Waals surface area contributed by atoms with Gasteiger partial charge in [-0.3, -0.25) is 10.2 Å². The van der Waals surface area contributed by atoms with Gasteiger partial charge in [0, 0.05) is 19.0 Å². The first-order chi connectivity index (χ1) is 8.20. The van der Waals surface area contributed by atoms with Crippen molar-refractivity contribution in [1.29, 1.82) is 0 Å². The molecule has 1 amide bonds. The zero-order valence-electron chi connectivity index (χ0n) is 10.8. The molecule has 1 aliphatic carbocycles. The van der Waals surface area contributed by atoms with Gasteiger partial charge in [-0.1, -0.05) is 26.2 Å². The first-order valence-electron chi connectivity index (χ1n) is 6.93. The van der Waals surface area contributed by atoms with Crippen LogP contribution in [0.25, 0.3) is 0 Å². The Bertz CT molecular complexity index is 269. The van der Waals surface area contributed by atoms with Crippen molar-refractivity contribution in [2.75, 3.05) is 19.6 Å². The van der Waals surface area contributed by atoms with E-state index < -0.39 is 0 Å². The molecule has 2 fully saturated rings. The molecule has 17 heavy (non-hydrogen) atoms. The van der Waals surface area contributed by atoms with Crippen molar-refractivity contribution in [3.05, 3.63) is 0 Å². The normalized spacial score (nSPS) is 31.6. The zero-order valence-corrected chi connectivity index (χ0v) is 10.8. The number of hydrogen-bond acceptors (Lipinski definition) is 3. The Morgan fingerprint density at radius 1 is 1.35 bits per heavy atom. The van der Waals surface area contributed by atoms with Crippen LogP contribution in [0.2, 0.25) is 0 Å². The number of hydrogen-bond donors (Lipinski definition) is 2. The summed E-state index contributed by atoms with van der Waals surface area (Å²) in [5.41, 5.74) is 2.25. The van der Waals surface area contributed by atoms with Gasteiger partial charge in [0.25, 0.3) is 0 Å². The van der Waals surface area contributed by atoms with E-state index in [1.54, 1.807) is 0 Å². The third kappa shape index (κ3) is 3.19. The van der Waals surface area contributed by atoms with Crippen LogP contribution in [-0.4, -0.2) is 30.4 Å². The first kappa shape index (κ1) is 12.8. The Labute approximate surface area is 104 Å². The van der Waals surface area contributed by atoms with E-state index in [4.69, 9.17) is 5.84 Å². The van der Waals surface area contributed by atoms with Crippen LogP contribution in [0, 0.1) is 17.8 Å². The van der Waals surface area contributed by atoms with Gasteiger partial charge in [-0.25, -0.2) is 5.84 Å². The second-order valence-electron chi connectivity index (χ2n) is 5.76. The van der Waals surface area contributed by atoms with Crippen molar-refractivity contribution in [3.8, 4) is 0 Å². The zero-order chi connectivity index (χ0) is 12.3. The van der Waals surface area contributed by atoms with Crippen LogP contribution in [0.15, 0.2) is 0 Å². The lowest BCUT2D eigenvalue weighted by molar-refractivity contribution is -0.125. The average Bonchev–Trinajstić information content (AvgIpc) is 2.37. The number of carbonyl (C=O) groups excluding carboxylic acids is 1. The van der Waals surface area contributed by atoms with Gasteiger partial charge in [-0.15, -0.1) is 0 Å². The molecular formula is C13H25N3O. The molecule has 2 aliphatic rings. The Morgan fingerprint density at radius 2 is 2.06 bits per heavy atom. The maximum Gasteiger partial charge on any atom is 0.237 e. The topological polar surface area (TPSA) is 58.4 Å². The van der Waals surface area contributed by atoms with Crippen LogP contribution in [0.3, 0.4) is 0 Å². The minimum absolute atomic E-state index is 0.000130. The van der Waals surface area contributed by atoms with Crippen LogP contribution in [0.1, 0.15) is 39.0 Å². The quantitative estimate of drug-likeness (QED) is 0.441. The highest BCUT2D eigenvalue weighted by Crippen LogP contribution is 2.36. The third-order valence-corrected chi connectivity index (χ3v) is 4.50. The molecule has 98 valence electrons. The van der Waals surface area contributed by atoms with Crippen LogP contribution < -0.4 is 11.3 Å². The summed E-state index contributed by atoms with van der Waals surface area (Å²) >= 11 is 0. The van der Waals surface area contributed by atoms with Crippen molar-refractivity contribution in [1.82, 2.24) is 10.3 Å². The number of piperidine rings is 1. The van der Waals surface area contributed by atoms with Crippen LogP contribution in [0.5, 0.6) is 0 Å². The number of hydrazine groups is 1. The van der Waals surface area contributed by atoms with Crippen molar-refractivity contribution in [3.63, 3.8) is 0 Å². The Kier molecular flexibility index (Phi) is 4.40. The van der Waals surface area contributed by atoms with Gasteiger partial charge in [0.2, 0.25) is 5.91 Å². The average molecular weight is 239 g/mol. The summed E-state index contributed by atoms with van der Waals surface area (Å²) in [6.45, 7) is 5.15. The van der Waals surface area contributed by atoms with Gasteiger partial charge in [-0.05, 0) is 31.2 Å². The summed E-state index contributed by atoms with van der Waals surface area (Å²) < 4.78 is 0. The minimum atomic E-state index is -0.0456. The molecule has 1 saturated carbocycles. The molecule has 3 atom stereocenters. The lowest BCUT2D eigenvalue weighted by Crippen LogP contribution is -2.46. The van der Waals surface area contributed by atoms with Gasteiger partial charge in [0.15, 0.2) is 0 Å². The van der Waals surface area contributed by atoms with Gasteiger partial charge in [0.05, 0.1) is 0 Å². The molecular weight excluding hydrogens is 214 g/mol. The van der Waals surface area contributed by atoms with Gasteiger partial charge < -0.3 is 4.90 Å². The van der Waals surface area contributed by atoms with E-state index >= 15 is 0 Å². The number of carbonyl (C=O) groups is 1. The number of nitrogens with two attached hydrogens (primary N) is 1. The smallest absolute Gasteiger partial charge is 0.237 e. The van der Waals surface area contributed by atoms with E-state index in [1.807, 2.05) is 6.92 Å². The summed E-state index contributed by atoms with van der Waals surface area (Å²) in [6.07, 6.45) is 6.96. The molecule has 4 nitrogen and oxygen atoms in total. The fraction of sp³-hybridized carbons (Fsp3) is 0.923. The van der Waals surface area contributed by atoms with Crippen molar-refractivity contribution < 1.29 is 4.79 Å². The summed E-state index contributed by atoms with van der Waals surface area (Å²) in [6, 6.07) is 0. The number of amides is 1. The monoisotopic (exact) mass is 239 g/mol. The highest BCUT2D eigenvalue weighted by molar-refractivity contribution is 5.77. The van der Waals surface area contributed by atoms with Crippen molar-refractivity contribution in [2.45, 2.75) is 39.0 Å². The molecule has 0 radical (unpaired) electrons. The Balaban J connectivity index is 1.81. The molecule has 1 aliphatic heterocycles. The molecule has 2 rings (SSSR count). The Morgan fingerprint density at radius 3 is 2.76 bits per heavy atom. The number of nitrogens with one attached hydrogen (secondary N) is 1. The van der Waals surface area contributed by atoms with Gasteiger partial charge in [-0.2, -0.15) is 0 Å². The third-order valence-electron chi connectivity index (χ3n) is 4.50. The maximum absolute atomic E-state index is 11.4. The number of nitrogens with zero attached hydrogens (tertiary/aromatic N) is 1. The largest absolute Gasteiger partial charge is 0.302 e. The van der Waals surface area contributed by atoms with Gasteiger partial charge in [0.1, 0.15) is 0 Å². The summed E-state index contributed by atoms with van der Waals surface area (Å²) in [7, 11) is 0. The summed E-state index contributed by atoms with van der Waals surface area (Å²) in [5.74, 6) is 6.96. The van der Waals surface area contributed by atoms with E-state index in [-0.39, 0.29) is 11.8 Å². The molecule has 4 heteroatoms. The van der Waals surface area contributed by atoms with E-state index in [2.05, 4.69) is 10.3 Å². The summed E-state index contributed by atoms with van der Waals surface area (Å²) in [4.78, 5) is 13.9. The molecule has 0 aromatic heterocycles. The minimum Gasteiger partial charge on any atom is -0.302 e. The Hall–Kier alpha value is -0.610. The van der Waals surface area contributed by atoms with Gasteiger partial charge >= 0.3 is 0 Å². The second-order valence-corrected chi connectivity index (χ2v) is 5.76. The van der Waals surface area contributed by atoms with Crippen molar-refractivity contribution in [2.24, 2.45) is 23.6 Å². The van der Waals surface area contributed by atoms with Crippen LogP contribution in [-0.2, 0) is 4.79 Å². The highest BCUT2D eigenvalue weighted by Gasteiger charge is 2.31. The first-order valence-corrected chi connectivity index (χ1v) is 6.93. The fourth-order valence-electron chi connectivity index (χ4n) is 3.45. The maximum atomic E-state index is 11.4. The van der Waals surface area contributed by atoms with Crippen molar-refractivity contribution >= 4 is 5.91 Å². The molecule has 0 bridgehead atoms. The standard InChI is InChI=1S/C13H25N3O/c1-10(13(17)15-14)8-16-7-6-11-4-2-3-5-12(11)9-16/h10-12H,2-9,14H2,1H3,(H,15,17). The molecule has 3 N–H and O–H groups in total. The SMILES string of the molecule is CC(CN1CCC2CCCCC2C1)C(=O)NN. The molecule has 0 spiro atoms. The van der Waals surface area contributed by atoms with E-state index in [9.17, 15) is 4.79 Å². The lowest BCUT2D eigenvalue weighted by atomic mass is 9.75. The number of likely N-dealkylation sites (tertiary alicyclic amines) is 1. The molecule has 1 saturated heterocycles. The predicted molar refractivity (Wildman–Crippen MR) is 68.0 cm³/mol. The molecule has 1 heterocycles. The second kappa shape index (κ2) is 5.83. The molecule has 0 aromatic carbocycles. The van der Waals surface area contributed by atoms with Crippen LogP contribution >= 0.6 is 0 Å². The highest BCUT2D eigenvalue weighted by atomic mass is 16.2. The van der Waals surface area contributed by atoms with E-state index in [1.165, 1.54) is 38.6 Å². The molecule has 0 aromatic rings. The summed E-state index contributed by atoms with van der Waals surface area (Å²) in [5, 5.41) is 0. The number of fused-ring (bicyclic) bond motifs is 1. The molecule has 3 unspecified atom stereocenters.